The summed E-state index contributed by atoms with van der Waals surface area (Å²) in [5.41, 5.74) is 2.47. The molecule has 0 spiro atoms. The molecule has 0 aliphatic heterocycles. The smallest absolute Gasteiger partial charge is 0.339 e. The van der Waals surface area contributed by atoms with E-state index in [1.54, 1.807) is 18.2 Å². The molecule has 1 aliphatic rings. The van der Waals surface area contributed by atoms with Gasteiger partial charge in [0.2, 0.25) is 6.86 Å². The molecule has 0 radical (unpaired) electrons. The fourth-order valence-corrected chi connectivity index (χ4v) is 4.17. The van der Waals surface area contributed by atoms with Gasteiger partial charge < -0.3 is 19.3 Å². The first-order chi connectivity index (χ1) is 19.4. The highest BCUT2D eigenvalue weighted by molar-refractivity contribution is 5.91. The molecule has 206 valence electrons. The van der Waals surface area contributed by atoms with Crippen LogP contribution in [-0.4, -0.2) is 36.1 Å². The molecule has 9 heteroatoms. The van der Waals surface area contributed by atoms with Gasteiger partial charge in [-0.3, -0.25) is 0 Å². The fourth-order valence-electron chi connectivity index (χ4n) is 4.17. The zero-order chi connectivity index (χ0) is 28.1. The molecule has 1 fully saturated rings. The third-order valence-electron chi connectivity index (χ3n) is 6.50. The number of aromatic carboxylic acids is 1. The molecule has 0 unspecified atom stereocenters. The molecule has 1 atom stereocenters. The lowest BCUT2D eigenvalue weighted by Crippen LogP contribution is -2.16. The van der Waals surface area contributed by atoms with Crippen molar-refractivity contribution in [3.8, 4) is 11.5 Å². The summed E-state index contributed by atoms with van der Waals surface area (Å²) in [6, 6.07) is 17.3. The van der Waals surface area contributed by atoms with Gasteiger partial charge in [0.25, 0.3) is 0 Å². The Labute approximate surface area is 228 Å². The predicted octanol–water partition coefficient (Wildman–Crippen LogP) is 7.23. The number of aromatic nitrogens is 1. The molecule has 0 bridgehead atoms. The van der Waals surface area contributed by atoms with Crippen molar-refractivity contribution >= 4 is 29.0 Å². The summed E-state index contributed by atoms with van der Waals surface area (Å²) in [7, 11) is 0. The monoisotopic (exact) mass is 549 g/mol. The van der Waals surface area contributed by atoms with E-state index in [1.807, 2.05) is 30.3 Å². The summed E-state index contributed by atoms with van der Waals surface area (Å²) in [6.07, 6.45) is 5.35. The van der Waals surface area contributed by atoms with Gasteiger partial charge in [0, 0.05) is 11.5 Å². The lowest BCUT2D eigenvalue weighted by molar-refractivity contribution is 0.0128. The first kappa shape index (κ1) is 27.2. The van der Waals surface area contributed by atoms with Gasteiger partial charge in [0.1, 0.15) is 29.8 Å². The Morgan fingerprint density at radius 1 is 1.00 bits per heavy atom. The minimum atomic E-state index is -1.22. The molecule has 3 aromatic carbocycles. The van der Waals surface area contributed by atoms with Gasteiger partial charge in [-0.1, -0.05) is 30.3 Å². The second kappa shape index (κ2) is 12.2. The summed E-state index contributed by atoms with van der Waals surface area (Å²) in [4.78, 5) is 16.1. The van der Waals surface area contributed by atoms with E-state index >= 15 is 0 Å². The van der Waals surface area contributed by atoms with Crippen LogP contribution >= 0.6 is 0 Å². The fraction of sp³-hybridized carbons (Fsp3) is 0.226. The van der Waals surface area contributed by atoms with Crippen LogP contribution in [0.5, 0.6) is 11.5 Å². The van der Waals surface area contributed by atoms with Gasteiger partial charge in [0.15, 0.2) is 11.6 Å². The maximum Gasteiger partial charge on any atom is 0.339 e. The molecule has 0 saturated heterocycles. The quantitative estimate of drug-likeness (QED) is 0.201. The van der Waals surface area contributed by atoms with Crippen LogP contribution in [0, 0.1) is 17.6 Å². The highest BCUT2D eigenvalue weighted by Crippen LogP contribution is 2.32. The second-order valence-electron chi connectivity index (χ2n) is 9.49. The molecule has 0 amide bonds. The molecule has 1 heterocycles. The lowest BCUT2D eigenvalue weighted by atomic mass is 10.1. The van der Waals surface area contributed by atoms with Crippen LogP contribution in [0.15, 0.2) is 66.7 Å². The number of fused-ring (bicyclic) bond motifs is 1. The van der Waals surface area contributed by atoms with Crippen molar-refractivity contribution < 1.29 is 37.3 Å². The van der Waals surface area contributed by atoms with E-state index < -0.39 is 30.6 Å². The maximum atomic E-state index is 13.6. The van der Waals surface area contributed by atoms with E-state index in [2.05, 4.69) is 4.98 Å². The van der Waals surface area contributed by atoms with Crippen LogP contribution < -0.4 is 9.47 Å². The molecule has 1 N–H and O–H groups in total. The highest BCUT2D eigenvalue weighted by Gasteiger charge is 2.25. The van der Waals surface area contributed by atoms with E-state index in [4.69, 9.17) is 14.2 Å². The Bertz CT molecular complexity index is 1550. The van der Waals surface area contributed by atoms with Gasteiger partial charge in [-0.2, -0.15) is 0 Å². The number of halogens is 3. The van der Waals surface area contributed by atoms with Crippen molar-refractivity contribution in [3.63, 3.8) is 0 Å². The Morgan fingerprint density at radius 2 is 1.82 bits per heavy atom. The lowest BCUT2D eigenvalue weighted by Gasteiger charge is -2.20. The van der Waals surface area contributed by atoms with Crippen molar-refractivity contribution in [1.82, 2.24) is 4.98 Å². The first-order valence-corrected chi connectivity index (χ1v) is 12.7. The number of ether oxygens (including phenoxy) is 3. The van der Waals surface area contributed by atoms with Crippen LogP contribution in [-0.2, 0) is 4.74 Å². The standard InChI is InChI=1S/C31H26F3NO5/c32-18-40-24-10-11-29(25(14-24)31(36)37)39-17-30(38-16-20-4-5-20)22-3-1-2-19(12-22)6-8-23-9-7-21-13-26(33)27(34)15-28(21)35-23/h1-3,6-15,20,30H,4-5,16-18H2,(H,36,37)/b8-6+/t30-/m1/s1. The number of nitrogens with zero attached hydrogens (tertiary/aromatic N) is 1. The van der Waals surface area contributed by atoms with Gasteiger partial charge >= 0.3 is 5.97 Å². The number of carbonyl (C=O) groups is 1. The molecule has 40 heavy (non-hydrogen) atoms. The summed E-state index contributed by atoms with van der Waals surface area (Å²) in [5.74, 6) is -2.39. The van der Waals surface area contributed by atoms with E-state index in [1.165, 1.54) is 18.2 Å². The molecule has 4 aromatic rings. The average Bonchev–Trinajstić information content (AvgIpc) is 3.78. The molecule has 6 nitrogen and oxygen atoms in total. The van der Waals surface area contributed by atoms with Crippen molar-refractivity contribution in [2.24, 2.45) is 5.92 Å². The third-order valence-corrected chi connectivity index (χ3v) is 6.50. The van der Waals surface area contributed by atoms with Crippen LogP contribution in [0.2, 0.25) is 0 Å². The minimum absolute atomic E-state index is 0.0534. The molecule has 1 aromatic heterocycles. The van der Waals surface area contributed by atoms with Crippen LogP contribution in [0.4, 0.5) is 13.2 Å². The Balaban J connectivity index is 1.34. The van der Waals surface area contributed by atoms with Gasteiger partial charge in [0.05, 0.1) is 17.8 Å². The Hall–Kier alpha value is -4.37. The Morgan fingerprint density at radius 3 is 2.60 bits per heavy atom. The van der Waals surface area contributed by atoms with Crippen LogP contribution in [0.1, 0.15) is 46.1 Å². The number of benzene rings is 3. The van der Waals surface area contributed by atoms with Crippen molar-refractivity contribution in [3.05, 3.63) is 101 Å². The van der Waals surface area contributed by atoms with E-state index in [0.717, 1.165) is 36.1 Å². The summed E-state index contributed by atoms with van der Waals surface area (Å²) in [5, 5.41) is 10.1. The number of carboxylic acids is 1. The Kier molecular flexibility index (Phi) is 8.31. The largest absolute Gasteiger partial charge is 0.490 e. The zero-order valence-electron chi connectivity index (χ0n) is 21.4. The first-order valence-electron chi connectivity index (χ1n) is 12.7. The molecule has 1 saturated carbocycles. The third kappa shape index (κ3) is 6.79. The van der Waals surface area contributed by atoms with Crippen molar-refractivity contribution in [1.29, 1.82) is 0 Å². The topological polar surface area (TPSA) is 77.9 Å². The minimum Gasteiger partial charge on any atom is -0.490 e. The normalized spacial score (nSPS) is 14.0. The van der Waals surface area contributed by atoms with E-state index in [9.17, 15) is 23.1 Å². The van der Waals surface area contributed by atoms with Crippen LogP contribution in [0.25, 0.3) is 23.1 Å². The highest BCUT2D eigenvalue weighted by atomic mass is 19.2. The van der Waals surface area contributed by atoms with Crippen molar-refractivity contribution in [2.45, 2.75) is 18.9 Å². The number of hydrogen-bond donors (Lipinski definition) is 1. The van der Waals surface area contributed by atoms with E-state index in [0.29, 0.717) is 29.1 Å². The number of carboxylic acid groups (broad SMARTS) is 1. The predicted molar refractivity (Wildman–Crippen MR) is 144 cm³/mol. The van der Waals surface area contributed by atoms with Gasteiger partial charge in [-0.15, -0.1) is 0 Å². The summed E-state index contributed by atoms with van der Waals surface area (Å²) < 4.78 is 56.5. The van der Waals surface area contributed by atoms with Crippen molar-refractivity contribution in [2.75, 3.05) is 20.1 Å². The van der Waals surface area contributed by atoms with E-state index in [-0.39, 0.29) is 23.7 Å². The van der Waals surface area contributed by atoms with Gasteiger partial charge in [-0.25, -0.2) is 22.9 Å². The number of hydrogen-bond acceptors (Lipinski definition) is 5. The average molecular weight is 550 g/mol. The number of rotatable bonds is 12. The molecular formula is C31H26F3NO5. The van der Waals surface area contributed by atoms with Gasteiger partial charge in [-0.05, 0) is 72.4 Å². The molecule has 1 aliphatic carbocycles. The number of pyridine rings is 1. The summed E-state index contributed by atoms with van der Waals surface area (Å²) >= 11 is 0. The maximum absolute atomic E-state index is 13.6. The SMILES string of the molecule is O=C(O)c1cc(OCF)ccc1OC[C@@H](OCC1CC1)c1cccc(/C=C/c2ccc3cc(F)c(F)cc3n2)c1. The van der Waals surface area contributed by atoms with Crippen LogP contribution in [0.3, 0.4) is 0 Å². The second-order valence-corrected chi connectivity index (χ2v) is 9.49. The molecule has 5 rings (SSSR count). The molecular weight excluding hydrogens is 523 g/mol. The zero-order valence-corrected chi connectivity index (χ0v) is 21.4. The summed E-state index contributed by atoms with van der Waals surface area (Å²) in [6.45, 7) is -0.463. The number of alkyl halides is 1.